The number of hydrogen-bond donors (Lipinski definition) is 1. The first kappa shape index (κ1) is 11.7. The lowest BCUT2D eigenvalue weighted by molar-refractivity contribution is 0.0458. The van der Waals surface area contributed by atoms with Crippen LogP contribution in [0.2, 0.25) is 0 Å². The third-order valence-electron chi connectivity index (χ3n) is 3.77. The van der Waals surface area contributed by atoms with E-state index in [1.165, 1.54) is 30.8 Å². The maximum atomic E-state index is 5.95. The highest BCUT2D eigenvalue weighted by Crippen LogP contribution is 2.32. The van der Waals surface area contributed by atoms with Crippen LogP contribution in [0.3, 0.4) is 0 Å². The molecule has 4 heteroatoms. The van der Waals surface area contributed by atoms with E-state index in [2.05, 4.69) is 11.9 Å². The van der Waals surface area contributed by atoms with Gasteiger partial charge in [-0.3, -0.25) is 4.90 Å². The monoisotopic (exact) mass is 230 g/mol. The molecule has 2 rings (SSSR count). The number of ether oxygens (including phenoxy) is 1. The number of thioether (sulfide) groups is 1. The number of rotatable bonds is 4. The molecule has 2 aliphatic heterocycles. The standard InChI is InChI=1S/C11H22N2OS/c1-13(7-10-3-2-5-14-10)11(8-12)4-6-15-9-11/h10H,2-9,12H2,1H3. The van der Waals surface area contributed by atoms with Crippen molar-refractivity contribution < 1.29 is 4.74 Å². The van der Waals surface area contributed by atoms with Gasteiger partial charge in [0.05, 0.1) is 6.10 Å². The molecule has 2 N–H and O–H groups in total. The van der Waals surface area contributed by atoms with Crippen molar-refractivity contribution >= 4 is 11.8 Å². The highest BCUT2D eigenvalue weighted by Gasteiger charge is 2.38. The predicted octanol–water partition coefficient (Wildman–Crippen LogP) is 0.932. The second kappa shape index (κ2) is 5.04. The number of nitrogens with zero attached hydrogens (tertiary/aromatic N) is 1. The van der Waals surface area contributed by atoms with Crippen molar-refractivity contribution in [1.29, 1.82) is 0 Å². The molecule has 0 aromatic rings. The molecule has 0 saturated carbocycles. The molecule has 0 aromatic heterocycles. The van der Waals surface area contributed by atoms with Crippen LogP contribution in [0.4, 0.5) is 0 Å². The summed E-state index contributed by atoms with van der Waals surface area (Å²) in [5.41, 5.74) is 6.19. The van der Waals surface area contributed by atoms with Gasteiger partial charge in [0.2, 0.25) is 0 Å². The second-order valence-corrected chi connectivity index (χ2v) is 5.85. The molecule has 2 unspecified atom stereocenters. The van der Waals surface area contributed by atoms with Crippen LogP contribution < -0.4 is 5.73 Å². The van der Waals surface area contributed by atoms with Gasteiger partial charge >= 0.3 is 0 Å². The molecule has 0 amide bonds. The highest BCUT2D eigenvalue weighted by atomic mass is 32.2. The molecule has 2 saturated heterocycles. The Morgan fingerprint density at radius 2 is 2.47 bits per heavy atom. The van der Waals surface area contributed by atoms with Gasteiger partial charge in [-0.2, -0.15) is 11.8 Å². The van der Waals surface area contributed by atoms with Crippen molar-refractivity contribution in [2.45, 2.75) is 30.9 Å². The SMILES string of the molecule is CN(CC1CCCO1)C1(CN)CCSC1. The summed E-state index contributed by atoms with van der Waals surface area (Å²) < 4.78 is 5.68. The van der Waals surface area contributed by atoms with E-state index in [0.717, 1.165) is 19.7 Å². The fraction of sp³-hybridized carbons (Fsp3) is 1.00. The molecule has 2 atom stereocenters. The largest absolute Gasteiger partial charge is 0.377 e. The van der Waals surface area contributed by atoms with E-state index in [4.69, 9.17) is 10.5 Å². The van der Waals surface area contributed by atoms with Crippen LogP contribution in [0.1, 0.15) is 19.3 Å². The summed E-state index contributed by atoms with van der Waals surface area (Å²) in [5, 5.41) is 0. The van der Waals surface area contributed by atoms with E-state index in [-0.39, 0.29) is 5.54 Å². The van der Waals surface area contributed by atoms with E-state index in [9.17, 15) is 0 Å². The predicted molar refractivity (Wildman–Crippen MR) is 65.3 cm³/mol. The van der Waals surface area contributed by atoms with E-state index in [1.807, 2.05) is 11.8 Å². The zero-order valence-corrected chi connectivity index (χ0v) is 10.4. The maximum absolute atomic E-state index is 5.95. The van der Waals surface area contributed by atoms with Crippen LogP contribution in [0.5, 0.6) is 0 Å². The number of likely N-dealkylation sites (N-methyl/N-ethyl adjacent to an activating group) is 1. The van der Waals surface area contributed by atoms with Crippen molar-refractivity contribution in [1.82, 2.24) is 4.90 Å². The lowest BCUT2D eigenvalue weighted by Crippen LogP contribution is -2.54. The van der Waals surface area contributed by atoms with Crippen LogP contribution >= 0.6 is 11.8 Å². The van der Waals surface area contributed by atoms with Gasteiger partial charge in [0, 0.05) is 31.0 Å². The minimum atomic E-state index is 0.247. The van der Waals surface area contributed by atoms with Crippen molar-refractivity contribution in [3.8, 4) is 0 Å². The van der Waals surface area contributed by atoms with Gasteiger partial charge in [-0.15, -0.1) is 0 Å². The van der Waals surface area contributed by atoms with Crippen molar-refractivity contribution in [2.75, 3.05) is 38.2 Å². The smallest absolute Gasteiger partial charge is 0.0702 e. The first-order valence-corrected chi connectivity index (χ1v) is 7.03. The van der Waals surface area contributed by atoms with Crippen LogP contribution in [0.25, 0.3) is 0 Å². The molecule has 3 nitrogen and oxygen atoms in total. The van der Waals surface area contributed by atoms with E-state index in [0.29, 0.717) is 6.10 Å². The summed E-state index contributed by atoms with van der Waals surface area (Å²) >= 11 is 2.03. The van der Waals surface area contributed by atoms with Gasteiger partial charge in [0.1, 0.15) is 0 Å². The minimum Gasteiger partial charge on any atom is -0.377 e. The third kappa shape index (κ3) is 2.49. The lowest BCUT2D eigenvalue weighted by atomic mass is 9.96. The van der Waals surface area contributed by atoms with Crippen LogP contribution in [0.15, 0.2) is 0 Å². The summed E-state index contributed by atoms with van der Waals surface area (Å²) in [5.74, 6) is 2.44. The zero-order chi connectivity index (χ0) is 10.7. The van der Waals surface area contributed by atoms with E-state index < -0.39 is 0 Å². The quantitative estimate of drug-likeness (QED) is 0.780. The molecule has 0 aliphatic carbocycles. The summed E-state index contributed by atoms with van der Waals surface area (Å²) in [4.78, 5) is 2.45. The Kier molecular flexibility index (Phi) is 3.93. The highest BCUT2D eigenvalue weighted by molar-refractivity contribution is 7.99. The van der Waals surface area contributed by atoms with E-state index >= 15 is 0 Å². The van der Waals surface area contributed by atoms with Gasteiger partial charge in [-0.05, 0) is 32.1 Å². The normalized spacial score (nSPS) is 36.6. The molecule has 0 radical (unpaired) electrons. The minimum absolute atomic E-state index is 0.247. The molecule has 2 heterocycles. The Balaban J connectivity index is 1.89. The van der Waals surface area contributed by atoms with Crippen molar-refractivity contribution in [3.63, 3.8) is 0 Å². The van der Waals surface area contributed by atoms with Crippen LogP contribution in [-0.2, 0) is 4.74 Å². The van der Waals surface area contributed by atoms with Gasteiger partial charge in [0.15, 0.2) is 0 Å². The Labute approximate surface area is 96.7 Å². The molecule has 2 aliphatic rings. The summed E-state index contributed by atoms with van der Waals surface area (Å²) in [6.07, 6.45) is 4.13. The fourth-order valence-electron chi connectivity index (χ4n) is 2.50. The molecule has 0 spiro atoms. The van der Waals surface area contributed by atoms with E-state index in [1.54, 1.807) is 0 Å². The molecule has 0 aromatic carbocycles. The number of hydrogen-bond acceptors (Lipinski definition) is 4. The van der Waals surface area contributed by atoms with Crippen LogP contribution in [0, 0.1) is 0 Å². The second-order valence-electron chi connectivity index (χ2n) is 4.75. The van der Waals surface area contributed by atoms with Crippen LogP contribution in [-0.4, -0.2) is 54.8 Å². The topological polar surface area (TPSA) is 38.5 Å². The molecule has 15 heavy (non-hydrogen) atoms. The Hall–Kier alpha value is 0.230. The maximum Gasteiger partial charge on any atom is 0.0702 e. The molecule has 0 bridgehead atoms. The summed E-state index contributed by atoms with van der Waals surface area (Å²) in [6, 6.07) is 0. The third-order valence-corrected chi connectivity index (χ3v) is 5.01. The molecule has 88 valence electrons. The van der Waals surface area contributed by atoms with Gasteiger partial charge < -0.3 is 10.5 Å². The summed E-state index contributed by atoms with van der Waals surface area (Å²) in [6.45, 7) is 2.78. The number of nitrogens with two attached hydrogens (primary N) is 1. The Morgan fingerprint density at radius 3 is 3.00 bits per heavy atom. The molecular weight excluding hydrogens is 208 g/mol. The molecular formula is C11H22N2OS. The van der Waals surface area contributed by atoms with Gasteiger partial charge in [0.25, 0.3) is 0 Å². The Bertz CT molecular complexity index is 201. The summed E-state index contributed by atoms with van der Waals surface area (Å²) in [7, 11) is 2.21. The molecule has 2 fully saturated rings. The van der Waals surface area contributed by atoms with Gasteiger partial charge in [-0.1, -0.05) is 0 Å². The first-order chi connectivity index (χ1) is 7.27. The van der Waals surface area contributed by atoms with Gasteiger partial charge in [-0.25, -0.2) is 0 Å². The first-order valence-electron chi connectivity index (χ1n) is 5.87. The lowest BCUT2D eigenvalue weighted by Gasteiger charge is -2.38. The average molecular weight is 230 g/mol. The van der Waals surface area contributed by atoms with Crippen molar-refractivity contribution in [2.24, 2.45) is 5.73 Å². The average Bonchev–Trinajstić information content (AvgIpc) is 2.87. The zero-order valence-electron chi connectivity index (χ0n) is 9.58. The van der Waals surface area contributed by atoms with Crippen molar-refractivity contribution in [3.05, 3.63) is 0 Å². The fourth-order valence-corrected chi connectivity index (χ4v) is 4.03. The Morgan fingerprint density at radius 1 is 1.60 bits per heavy atom.